The standard InChI is InChI=1S/C21H35N7O8/c1-10(2)17(28-19(33)11-4-3-7-24-11)20(34)27-13(8-15(23)30)18(32)25-9-16(31)26-12(21(35)36)5-6-14(22)29/h10-13,17,24H,3-9H2,1-2H3,(H2,22,29)(H2,23,30)(H,25,32)(H,26,31)(H,27,34)(H,28,33)(H,35,36)/t11-,12-,13-,17-/m0/s1. The average molecular weight is 514 g/mol. The van der Waals surface area contributed by atoms with E-state index >= 15 is 0 Å². The van der Waals surface area contributed by atoms with Gasteiger partial charge in [-0.25, -0.2) is 4.79 Å². The third kappa shape index (κ3) is 10.7. The normalized spacial score (nSPS) is 17.4. The number of carbonyl (C=O) groups is 7. The number of carboxylic acids is 1. The SMILES string of the molecule is CC(C)[C@H](NC(=O)[C@@H]1CCCN1)C(=O)N[C@@H](CC(N)=O)C(=O)NCC(=O)N[C@@H](CCC(N)=O)C(=O)O. The van der Waals surface area contributed by atoms with Crippen molar-refractivity contribution in [1.82, 2.24) is 26.6 Å². The molecule has 0 radical (unpaired) electrons. The van der Waals surface area contributed by atoms with Crippen LogP contribution >= 0.6 is 0 Å². The van der Waals surface area contributed by atoms with Gasteiger partial charge in [0.05, 0.1) is 19.0 Å². The second-order valence-corrected chi connectivity index (χ2v) is 8.79. The van der Waals surface area contributed by atoms with E-state index in [1.54, 1.807) is 13.8 Å². The molecule has 0 saturated carbocycles. The molecule has 4 atom stereocenters. The molecule has 1 fully saturated rings. The lowest BCUT2D eigenvalue weighted by Crippen LogP contribution is -2.58. The number of hydrogen-bond donors (Lipinski definition) is 8. The van der Waals surface area contributed by atoms with E-state index < -0.39 is 72.6 Å². The van der Waals surface area contributed by atoms with Crippen molar-refractivity contribution in [2.45, 2.75) is 70.1 Å². The highest BCUT2D eigenvalue weighted by atomic mass is 16.4. The predicted molar refractivity (Wildman–Crippen MR) is 125 cm³/mol. The van der Waals surface area contributed by atoms with Crippen LogP contribution in [0.1, 0.15) is 46.0 Å². The van der Waals surface area contributed by atoms with Crippen LogP contribution < -0.4 is 38.1 Å². The van der Waals surface area contributed by atoms with Crippen LogP contribution in [0.4, 0.5) is 0 Å². The zero-order valence-corrected chi connectivity index (χ0v) is 20.3. The van der Waals surface area contributed by atoms with Crippen molar-refractivity contribution in [3.8, 4) is 0 Å². The Labute approximate surface area is 207 Å². The molecule has 15 nitrogen and oxygen atoms in total. The van der Waals surface area contributed by atoms with Crippen molar-refractivity contribution in [3.63, 3.8) is 0 Å². The monoisotopic (exact) mass is 513 g/mol. The van der Waals surface area contributed by atoms with E-state index in [9.17, 15) is 33.6 Å². The molecule has 15 heteroatoms. The van der Waals surface area contributed by atoms with Crippen LogP contribution in [0, 0.1) is 5.92 Å². The Morgan fingerprint density at radius 3 is 2.11 bits per heavy atom. The van der Waals surface area contributed by atoms with Crippen LogP contribution in [0.25, 0.3) is 0 Å². The van der Waals surface area contributed by atoms with Gasteiger partial charge in [0.2, 0.25) is 35.4 Å². The number of aliphatic carboxylic acids is 1. The molecule has 1 saturated heterocycles. The topological polar surface area (TPSA) is 252 Å². The first kappa shape index (κ1) is 30.3. The fourth-order valence-electron chi connectivity index (χ4n) is 3.45. The Bertz CT molecular complexity index is 857. The largest absolute Gasteiger partial charge is 0.480 e. The minimum Gasteiger partial charge on any atom is -0.480 e. The predicted octanol–water partition coefficient (Wildman–Crippen LogP) is -3.81. The first-order chi connectivity index (χ1) is 16.8. The molecule has 0 aromatic carbocycles. The summed E-state index contributed by atoms with van der Waals surface area (Å²) in [5, 5.41) is 21.5. The van der Waals surface area contributed by atoms with E-state index in [4.69, 9.17) is 16.6 Å². The van der Waals surface area contributed by atoms with Gasteiger partial charge in [0.1, 0.15) is 18.1 Å². The van der Waals surface area contributed by atoms with Crippen LogP contribution in [0.3, 0.4) is 0 Å². The number of amides is 6. The lowest BCUT2D eigenvalue weighted by Gasteiger charge is -2.26. The second kappa shape index (κ2) is 14.6. The summed E-state index contributed by atoms with van der Waals surface area (Å²) in [7, 11) is 0. The van der Waals surface area contributed by atoms with Gasteiger partial charge in [-0.2, -0.15) is 0 Å². The van der Waals surface area contributed by atoms with Gasteiger partial charge in [0, 0.05) is 6.42 Å². The molecule has 1 rings (SSSR count). The molecule has 0 aliphatic carbocycles. The van der Waals surface area contributed by atoms with Gasteiger partial charge in [-0.15, -0.1) is 0 Å². The molecule has 0 aromatic rings. The van der Waals surface area contributed by atoms with Gasteiger partial charge in [-0.05, 0) is 31.7 Å². The number of rotatable bonds is 15. The molecular formula is C21H35N7O8. The number of carbonyl (C=O) groups excluding carboxylic acids is 6. The van der Waals surface area contributed by atoms with Crippen molar-refractivity contribution in [2.24, 2.45) is 17.4 Å². The number of nitrogens with two attached hydrogens (primary N) is 2. The molecular weight excluding hydrogens is 478 g/mol. The van der Waals surface area contributed by atoms with E-state index in [1.165, 1.54) is 0 Å². The highest BCUT2D eigenvalue weighted by molar-refractivity contribution is 5.96. The maximum atomic E-state index is 12.9. The lowest BCUT2D eigenvalue weighted by atomic mass is 10.0. The van der Waals surface area contributed by atoms with E-state index in [-0.39, 0.29) is 24.7 Å². The minimum atomic E-state index is -1.45. The maximum absolute atomic E-state index is 12.9. The molecule has 1 aliphatic heterocycles. The maximum Gasteiger partial charge on any atom is 0.326 e. The van der Waals surface area contributed by atoms with Crippen LogP contribution in [0.2, 0.25) is 0 Å². The molecule has 202 valence electrons. The molecule has 10 N–H and O–H groups in total. The smallest absolute Gasteiger partial charge is 0.326 e. The Morgan fingerprint density at radius 2 is 1.61 bits per heavy atom. The van der Waals surface area contributed by atoms with Gasteiger partial charge in [0.25, 0.3) is 0 Å². The fourth-order valence-corrected chi connectivity index (χ4v) is 3.45. The summed E-state index contributed by atoms with van der Waals surface area (Å²) in [6.07, 6.45) is 0.338. The zero-order valence-electron chi connectivity index (χ0n) is 20.3. The highest BCUT2D eigenvalue weighted by Gasteiger charge is 2.32. The molecule has 0 bridgehead atoms. The zero-order chi connectivity index (χ0) is 27.4. The number of primary amides is 2. The Kier molecular flexibility index (Phi) is 12.3. The summed E-state index contributed by atoms with van der Waals surface area (Å²) in [5.74, 6) is -6.30. The van der Waals surface area contributed by atoms with Crippen LogP contribution in [-0.2, 0) is 33.6 Å². The van der Waals surface area contributed by atoms with Crippen LogP contribution in [-0.4, -0.2) is 83.8 Å². The third-order valence-corrected chi connectivity index (χ3v) is 5.40. The summed E-state index contributed by atoms with van der Waals surface area (Å²) >= 11 is 0. The van der Waals surface area contributed by atoms with Crippen molar-refractivity contribution in [2.75, 3.05) is 13.1 Å². The molecule has 6 amide bonds. The van der Waals surface area contributed by atoms with Crippen molar-refractivity contribution < 1.29 is 38.7 Å². The fraction of sp³-hybridized carbons (Fsp3) is 0.667. The second-order valence-electron chi connectivity index (χ2n) is 8.79. The molecule has 1 heterocycles. The van der Waals surface area contributed by atoms with Crippen LogP contribution in [0.5, 0.6) is 0 Å². The summed E-state index contributed by atoms with van der Waals surface area (Å²) in [6, 6.07) is -4.30. The summed E-state index contributed by atoms with van der Waals surface area (Å²) in [4.78, 5) is 83.5. The van der Waals surface area contributed by atoms with E-state index in [1.807, 2.05) is 0 Å². The Hall–Kier alpha value is -3.75. The third-order valence-electron chi connectivity index (χ3n) is 5.40. The van der Waals surface area contributed by atoms with Gasteiger partial charge in [-0.3, -0.25) is 28.8 Å². The van der Waals surface area contributed by atoms with Gasteiger partial charge in [-0.1, -0.05) is 13.8 Å². The van der Waals surface area contributed by atoms with E-state index in [0.717, 1.165) is 6.42 Å². The van der Waals surface area contributed by atoms with Gasteiger partial charge >= 0.3 is 5.97 Å². The number of carboxylic acid groups (broad SMARTS) is 1. The molecule has 0 aromatic heterocycles. The lowest BCUT2D eigenvalue weighted by molar-refractivity contribution is -0.142. The molecule has 0 spiro atoms. The molecule has 0 unspecified atom stereocenters. The van der Waals surface area contributed by atoms with Gasteiger partial charge < -0.3 is 43.2 Å². The first-order valence-electron chi connectivity index (χ1n) is 11.5. The summed E-state index contributed by atoms with van der Waals surface area (Å²) < 4.78 is 0. The molecule has 36 heavy (non-hydrogen) atoms. The first-order valence-corrected chi connectivity index (χ1v) is 11.5. The summed E-state index contributed by atoms with van der Waals surface area (Å²) in [5.41, 5.74) is 10.2. The highest BCUT2D eigenvalue weighted by Crippen LogP contribution is 2.08. The Balaban J connectivity index is 2.76. The Morgan fingerprint density at radius 1 is 0.944 bits per heavy atom. The van der Waals surface area contributed by atoms with E-state index in [0.29, 0.717) is 13.0 Å². The van der Waals surface area contributed by atoms with Crippen molar-refractivity contribution in [1.29, 1.82) is 0 Å². The molecule has 1 aliphatic rings. The minimum absolute atomic E-state index is 0.247. The number of nitrogens with one attached hydrogen (secondary N) is 5. The number of hydrogen-bond acceptors (Lipinski definition) is 8. The average Bonchev–Trinajstić information content (AvgIpc) is 3.32. The van der Waals surface area contributed by atoms with Gasteiger partial charge in [0.15, 0.2) is 0 Å². The van der Waals surface area contributed by atoms with Crippen molar-refractivity contribution in [3.05, 3.63) is 0 Å². The van der Waals surface area contributed by atoms with Crippen molar-refractivity contribution >= 4 is 41.4 Å². The van der Waals surface area contributed by atoms with E-state index in [2.05, 4.69) is 26.6 Å². The van der Waals surface area contributed by atoms with Crippen LogP contribution in [0.15, 0.2) is 0 Å². The quantitative estimate of drug-likeness (QED) is 0.107. The summed E-state index contributed by atoms with van der Waals surface area (Å²) in [6.45, 7) is 3.39.